The van der Waals surface area contributed by atoms with Crippen LogP contribution in [0.5, 0.6) is 0 Å². The van der Waals surface area contributed by atoms with Crippen LogP contribution in [-0.2, 0) is 16.7 Å². The zero-order chi connectivity index (χ0) is 18.5. The molecule has 2 aliphatic rings. The minimum atomic E-state index is 0.136. The van der Waals surface area contributed by atoms with E-state index in [2.05, 4.69) is 85.4 Å². The first kappa shape index (κ1) is 17.4. The van der Waals surface area contributed by atoms with Crippen molar-refractivity contribution in [1.29, 1.82) is 0 Å². The van der Waals surface area contributed by atoms with Crippen molar-refractivity contribution in [3.05, 3.63) is 71.5 Å². The molecule has 0 saturated heterocycles. The van der Waals surface area contributed by atoms with Crippen molar-refractivity contribution in [2.75, 3.05) is 19.8 Å². The standard InChI is InChI=1S/C24H27NOS/c1-25(2)23(18-8-4-3-5-9-18)13-15-24(16-14-23)22-20(12-17-27-24)19-10-6-7-11-21(19)26-22/h3-11H,12-17H2,1-2H3. The quantitative estimate of drug-likeness (QED) is 0.549. The molecule has 1 aromatic heterocycles. The van der Waals surface area contributed by atoms with Crippen LogP contribution in [0.3, 0.4) is 0 Å². The topological polar surface area (TPSA) is 16.4 Å². The van der Waals surface area contributed by atoms with Crippen molar-refractivity contribution in [3.8, 4) is 0 Å². The Morgan fingerprint density at radius 3 is 2.33 bits per heavy atom. The van der Waals surface area contributed by atoms with E-state index in [-0.39, 0.29) is 10.3 Å². The van der Waals surface area contributed by atoms with E-state index in [4.69, 9.17) is 4.42 Å². The number of hydrogen-bond acceptors (Lipinski definition) is 3. The van der Waals surface area contributed by atoms with E-state index in [1.165, 1.54) is 53.7 Å². The lowest BCUT2D eigenvalue weighted by Crippen LogP contribution is -2.47. The van der Waals surface area contributed by atoms with Gasteiger partial charge in [-0.25, -0.2) is 0 Å². The highest BCUT2D eigenvalue weighted by molar-refractivity contribution is 8.00. The lowest BCUT2D eigenvalue weighted by molar-refractivity contribution is 0.0806. The molecule has 2 aromatic carbocycles. The Kier molecular flexibility index (Phi) is 4.14. The maximum Gasteiger partial charge on any atom is 0.134 e. The highest BCUT2D eigenvalue weighted by atomic mass is 32.2. The number of para-hydroxylation sites is 1. The van der Waals surface area contributed by atoms with Gasteiger partial charge in [-0.1, -0.05) is 48.5 Å². The van der Waals surface area contributed by atoms with Crippen molar-refractivity contribution < 1.29 is 4.42 Å². The fourth-order valence-corrected chi connectivity index (χ4v) is 6.80. The van der Waals surface area contributed by atoms with Crippen LogP contribution in [0.4, 0.5) is 0 Å². The summed E-state index contributed by atoms with van der Waals surface area (Å²) in [5, 5.41) is 1.33. The Balaban J connectivity index is 1.53. The molecule has 0 unspecified atom stereocenters. The Morgan fingerprint density at radius 1 is 0.889 bits per heavy atom. The molecule has 1 spiro atoms. The van der Waals surface area contributed by atoms with Crippen molar-refractivity contribution in [2.24, 2.45) is 0 Å². The lowest BCUT2D eigenvalue weighted by Gasteiger charge is -2.50. The van der Waals surface area contributed by atoms with E-state index in [1.807, 2.05) is 0 Å². The number of nitrogens with zero attached hydrogens (tertiary/aromatic N) is 1. The average Bonchev–Trinajstić information content (AvgIpc) is 3.10. The predicted molar refractivity (Wildman–Crippen MR) is 114 cm³/mol. The predicted octanol–water partition coefficient (Wildman–Crippen LogP) is 5.95. The lowest BCUT2D eigenvalue weighted by atomic mass is 9.70. The number of benzene rings is 2. The summed E-state index contributed by atoms with van der Waals surface area (Å²) in [6, 6.07) is 19.7. The van der Waals surface area contributed by atoms with Gasteiger partial charge in [-0.05, 0) is 63.6 Å². The summed E-state index contributed by atoms with van der Waals surface area (Å²) in [6.45, 7) is 0. The zero-order valence-corrected chi connectivity index (χ0v) is 17.0. The van der Waals surface area contributed by atoms with Crippen LogP contribution in [0, 0.1) is 0 Å². The van der Waals surface area contributed by atoms with Gasteiger partial charge in [-0.2, -0.15) is 0 Å². The fraction of sp³-hybridized carbons (Fsp3) is 0.417. The summed E-state index contributed by atoms with van der Waals surface area (Å²) in [6.07, 6.45) is 5.84. The number of aryl methyl sites for hydroxylation is 1. The van der Waals surface area contributed by atoms with Crippen LogP contribution in [-0.4, -0.2) is 24.7 Å². The number of thioether (sulfide) groups is 1. The summed E-state index contributed by atoms with van der Waals surface area (Å²) in [5.74, 6) is 2.48. The molecule has 1 aliphatic carbocycles. The van der Waals surface area contributed by atoms with Crippen molar-refractivity contribution in [1.82, 2.24) is 4.90 Å². The van der Waals surface area contributed by atoms with E-state index >= 15 is 0 Å². The molecule has 27 heavy (non-hydrogen) atoms. The summed E-state index contributed by atoms with van der Waals surface area (Å²) in [7, 11) is 4.48. The maximum atomic E-state index is 6.48. The highest BCUT2D eigenvalue weighted by Crippen LogP contribution is 2.58. The van der Waals surface area contributed by atoms with Crippen LogP contribution in [0.15, 0.2) is 59.0 Å². The molecule has 1 aliphatic heterocycles. The van der Waals surface area contributed by atoms with E-state index in [0.717, 1.165) is 12.0 Å². The molecule has 3 heteroatoms. The first-order valence-electron chi connectivity index (χ1n) is 10.0. The van der Waals surface area contributed by atoms with Crippen LogP contribution >= 0.6 is 11.8 Å². The Hall–Kier alpha value is -1.71. The molecular weight excluding hydrogens is 350 g/mol. The largest absolute Gasteiger partial charge is 0.459 e. The third kappa shape index (κ3) is 2.59. The van der Waals surface area contributed by atoms with Crippen LogP contribution in [0.25, 0.3) is 11.0 Å². The Labute approximate surface area is 165 Å². The third-order valence-electron chi connectivity index (χ3n) is 6.89. The van der Waals surface area contributed by atoms with E-state index in [9.17, 15) is 0 Å². The second-order valence-corrected chi connectivity index (χ2v) is 9.77. The van der Waals surface area contributed by atoms with E-state index in [0.29, 0.717) is 0 Å². The number of furan rings is 1. The first-order valence-corrected chi connectivity index (χ1v) is 11.0. The Morgan fingerprint density at radius 2 is 1.59 bits per heavy atom. The molecule has 1 saturated carbocycles. The average molecular weight is 378 g/mol. The van der Waals surface area contributed by atoms with Crippen LogP contribution in [0.1, 0.15) is 42.6 Å². The number of hydrogen-bond donors (Lipinski definition) is 0. The highest BCUT2D eigenvalue weighted by Gasteiger charge is 2.49. The molecule has 140 valence electrons. The molecule has 0 radical (unpaired) electrons. The van der Waals surface area contributed by atoms with Gasteiger partial charge >= 0.3 is 0 Å². The number of rotatable bonds is 2. The Bertz CT molecular complexity index is 951. The second kappa shape index (κ2) is 6.42. The zero-order valence-electron chi connectivity index (χ0n) is 16.2. The molecule has 3 aromatic rings. The summed E-state index contributed by atoms with van der Waals surface area (Å²) in [4.78, 5) is 2.45. The molecule has 1 fully saturated rings. The van der Waals surface area contributed by atoms with Crippen LogP contribution in [0.2, 0.25) is 0 Å². The SMILES string of the molecule is CN(C)C1(c2ccccc2)CCC2(CC1)SCCc1c2oc2ccccc12. The van der Waals surface area contributed by atoms with Gasteiger partial charge in [0.15, 0.2) is 0 Å². The minimum Gasteiger partial charge on any atom is -0.459 e. The fourth-order valence-electron chi connectivity index (χ4n) is 5.31. The molecule has 5 rings (SSSR count). The second-order valence-electron chi connectivity index (χ2n) is 8.29. The number of fused-ring (bicyclic) bond motifs is 4. The summed E-state index contributed by atoms with van der Waals surface area (Å²) < 4.78 is 6.64. The molecule has 2 nitrogen and oxygen atoms in total. The molecule has 0 atom stereocenters. The van der Waals surface area contributed by atoms with Gasteiger partial charge in [0.05, 0.1) is 4.75 Å². The maximum absolute atomic E-state index is 6.48. The van der Waals surface area contributed by atoms with E-state index in [1.54, 1.807) is 0 Å². The van der Waals surface area contributed by atoms with Gasteiger partial charge in [0.1, 0.15) is 11.3 Å². The van der Waals surface area contributed by atoms with Gasteiger partial charge in [-0.3, -0.25) is 4.90 Å². The third-order valence-corrected chi connectivity index (χ3v) is 8.45. The smallest absolute Gasteiger partial charge is 0.134 e. The van der Waals surface area contributed by atoms with Crippen molar-refractivity contribution in [3.63, 3.8) is 0 Å². The summed E-state index contributed by atoms with van der Waals surface area (Å²) >= 11 is 2.14. The molecule has 2 heterocycles. The van der Waals surface area contributed by atoms with Crippen LogP contribution < -0.4 is 0 Å². The van der Waals surface area contributed by atoms with E-state index < -0.39 is 0 Å². The van der Waals surface area contributed by atoms with Crippen molar-refractivity contribution in [2.45, 2.75) is 42.4 Å². The molecule has 0 amide bonds. The minimum absolute atomic E-state index is 0.136. The monoisotopic (exact) mass is 377 g/mol. The normalized spacial score (nSPS) is 28.0. The van der Waals surface area contributed by atoms with Gasteiger partial charge in [-0.15, -0.1) is 11.8 Å². The van der Waals surface area contributed by atoms with Crippen molar-refractivity contribution >= 4 is 22.7 Å². The summed E-state index contributed by atoms with van der Waals surface area (Å²) in [5.41, 5.74) is 4.13. The van der Waals surface area contributed by atoms with Gasteiger partial charge in [0, 0.05) is 16.5 Å². The first-order chi connectivity index (χ1) is 13.1. The molecule has 0 bridgehead atoms. The van der Waals surface area contributed by atoms with Gasteiger partial charge in [0.2, 0.25) is 0 Å². The molecular formula is C24H27NOS. The molecule has 0 N–H and O–H groups in total. The van der Waals surface area contributed by atoms with Gasteiger partial charge in [0.25, 0.3) is 0 Å². The van der Waals surface area contributed by atoms with Gasteiger partial charge < -0.3 is 4.42 Å².